The zero-order chi connectivity index (χ0) is 17.3. The van der Waals surface area contributed by atoms with Crippen molar-refractivity contribution < 1.29 is 0 Å². The van der Waals surface area contributed by atoms with Crippen molar-refractivity contribution in [2.75, 3.05) is 0 Å². The highest BCUT2D eigenvalue weighted by Crippen LogP contribution is 2.29. The molecule has 124 valence electrons. The van der Waals surface area contributed by atoms with E-state index in [2.05, 4.69) is 77.2 Å². The summed E-state index contributed by atoms with van der Waals surface area (Å²) in [5.41, 5.74) is 2.51. The summed E-state index contributed by atoms with van der Waals surface area (Å²) < 4.78 is 0. The Bertz CT molecular complexity index is 576. The van der Waals surface area contributed by atoms with Crippen LogP contribution in [0.4, 0.5) is 0 Å². The van der Waals surface area contributed by atoms with E-state index in [-0.39, 0.29) is 10.8 Å². The molecular formula is C22H31N. The third-order valence-corrected chi connectivity index (χ3v) is 3.10. The van der Waals surface area contributed by atoms with Gasteiger partial charge in [0.1, 0.15) is 0 Å². The van der Waals surface area contributed by atoms with Crippen LogP contribution in [0.5, 0.6) is 0 Å². The normalized spacial score (nSPS) is 26.0. The zero-order valence-corrected chi connectivity index (χ0v) is 15.4. The van der Waals surface area contributed by atoms with Crippen molar-refractivity contribution in [3.63, 3.8) is 0 Å². The van der Waals surface area contributed by atoms with Crippen LogP contribution in [0, 0.1) is 10.8 Å². The van der Waals surface area contributed by atoms with Gasteiger partial charge in [0.05, 0.1) is 0 Å². The van der Waals surface area contributed by atoms with Crippen LogP contribution in [0.1, 0.15) is 41.5 Å². The molecule has 1 N–H and O–H groups in total. The van der Waals surface area contributed by atoms with Gasteiger partial charge in [-0.1, -0.05) is 102 Å². The fourth-order valence-electron chi connectivity index (χ4n) is 1.93. The first-order valence-corrected chi connectivity index (χ1v) is 8.24. The summed E-state index contributed by atoms with van der Waals surface area (Å²) in [4.78, 5) is 0. The molecule has 0 aliphatic heterocycles. The average Bonchev–Trinajstić information content (AvgIpc) is 2.38. The first-order valence-electron chi connectivity index (χ1n) is 8.24. The predicted molar refractivity (Wildman–Crippen MR) is 104 cm³/mol. The van der Waals surface area contributed by atoms with Crippen molar-refractivity contribution in [1.82, 2.24) is 5.32 Å². The molecule has 23 heavy (non-hydrogen) atoms. The van der Waals surface area contributed by atoms with Gasteiger partial charge in [-0.05, 0) is 17.6 Å². The molecule has 0 amide bonds. The van der Waals surface area contributed by atoms with Gasteiger partial charge in [0.15, 0.2) is 0 Å². The maximum absolute atomic E-state index is 3.61. The van der Waals surface area contributed by atoms with E-state index in [1.807, 2.05) is 42.5 Å². The highest BCUT2D eigenvalue weighted by molar-refractivity contribution is 5.32. The quantitative estimate of drug-likeness (QED) is 0.637. The lowest BCUT2D eigenvalue weighted by Crippen LogP contribution is -2.25. The Morgan fingerprint density at radius 3 is 1.70 bits per heavy atom. The van der Waals surface area contributed by atoms with Crippen LogP contribution in [0.2, 0.25) is 0 Å². The summed E-state index contributed by atoms with van der Waals surface area (Å²) in [6, 6.07) is 0. The summed E-state index contributed by atoms with van der Waals surface area (Å²) in [5.74, 6) is 0. The summed E-state index contributed by atoms with van der Waals surface area (Å²) in [6.45, 7) is 13.4. The molecule has 0 fully saturated rings. The van der Waals surface area contributed by atoms with E-state index < -0.39 is 0 Å². The fourth-order valence-corrected chi connectivity index (χ4v) is 1.93. The molecular weight excluding hydrogens is 278 g/mol. The van der Waals surface area contributed by atoms with Crippen molar-refractivity contribution >= 4 is 0 Å². The Labute approximate surface area is 142 Å². The number of hydrogen-bond acceptors (Lipinski definition) is 1. The number of rotatable bonds is 2. The first-order chi connectivity index (χ1) is 10.7. The van der Waals surface area contributed by atoms with Gasteiger partial charge in [0.25, 0.3) is 0 Å². The molecule has 0 aromatic heterocycles. The molecule has 0 radical (unpaired) electrons. The molecule has 1 nitrogen and oxygen atoms in total. The van der Waals surface area contributed by atoms with E-state index in [0.717, 1.165) is 5.70 Å². The number of hydrogen-bond donors (Lipinski definition) is 1. The van der Waals surface area contributed by atoms with E-state index in [0.29, 0.717) is 0 Å². The molecule has 0 spiro atoms. The second-order valence-corrected chi connectivity index (χ2v) is 7.82. The van der Waals surface area contributed by atoms with Crippen LogP contribution >= 0.6 is 0 Å². The van der Waals surface area contributed by atoms with Crippen LogP contribution in [-0.2, 0) is 0 Å². The molecule has 0 aromatic carbocycles. The molecule has 0 unspecified atom stereocenters. The molecule has 1 heteroatoms. The van der Waals surface area contributed by atoms with Gasteiger partial charge >= 0.3 is 0 Å². The fraction of sp³-hybridized carbons (Fsp3) is 0.364. The average molecular weight is 309 g/mol. The first kappa shape index (κ1) is 19.0. The van der Waals surface area contributed by atoms with Gasteiger partial charge in [-0.3, -0.25) is 0 Å². The minimum atomic E-state index is 0.0633. The monoisotopic (exact) mass is 309 g/mol. The van der Waals surface area contributed by atoms with Gasteiger partial charge in [-0.2, -0.15) is 0 Å². The molecule has 1 rings (SSSR count). The Morgan fingerprint density at radius 2 is 1.22 bits per heavy atom. The van der Waals surface area contributed by atoms with E-state index in [4.69, 9.17) is 0 Å². The Morgan fingerprint density at radius 1 is 0.739 bits per heavy atom. The van der Waals surface area contributed by atoms with Crippen molar-refractivity contribution in [2.24, 2.45) is 10.8 Å². The second-order valence-electron chi connectivity index (χ2n) is 7.82. The van der Waals surface area contributed by atoms with Crippen LogP contribution in [-0.4, -0.2) is 0 Å². The number of allylic oxidation sites excluding steroid dienone is 13. The Hall–Kier alpha value is -2.02. The summed E-state index contributed by atoms with van der Waals surface area (Å²) in [6.07, 6.45) is 24.8. The molecule has 1 aliphatic carbocycles. The molecule has 0 bridgehead atoms. The lowest BCUT2D eigenvalue weighted by molar-refractivity contribution is 0.447. The maximum atomic E-state index is 3.61. The number of nitrogens with one attached hydrogen (secondary N) is 1. The highest BCUT2D eigenvalue weighted by atomic mass is 14.9. The van der Waals surface area contributed by atoms with Crippen LogP contribution in [0.25, 0.3) is 0 Å². The van der Waals surface area contributed by atoms with Gasteiger partial charge in [0.2, 0.25) is 0 Å². The van der Waals surface area contributed by atoms with Gasteiger partial charge in [0, 0.05) is 16.8 Å². The molecule has 0 aromatic rings. The maximum Gasteiger partial charge on any atom is 0.0381 e. The Balaban J connectivity index is 3.10. The Kier molecular flexibility index (Phi) is 7.09. The molecule has 0 saturated heterocycles. The van der Waals surface area contributed by atoms with Gasteiger partial charge in [-0.25, -0.2) is 0 Å². The van der Waals surface area contributed by atoms with E-state index in [1.54, 1.807) is 0 Å². The molecule has 1 aliphatic rings. The lowest BCUT2D eigenvalue weighted by Gasteiger charge is -2.28. The van der Waals surface area contributed by atoms with Crippen molar-refractivity contribution in [2.45, 2.75) is 41.5 Å². The van der Waals surface area contributed by atoms with Gasteiger partial charge in [-0.15, -0.1) is 0 Å². The topological polar surface area (TPSA) is 12.0 Å². The van der Waals surface area contributed by atoms with Crippen LogP contribution in [0.3, 0.4) is 0 Å². The van der Waals surface area contributed by atoms with E-state index in [1.165, 1.54) is 5.70 Å². The minimum Gasteiger partial charge on any atom is -0.359 e. The zero-order valence-electron chi connectivity index (χ0n) is 15.4. The van der Waals surface area contributed by atoms with E-state index in [9.17, 15) is 0 Å². The molecule has 0 atom stereocenters. The third-order valence-electron chi connectivity index (χ3n) is 3.10. The van der Waals surface area contributed by atoms with Crippen molar-refractivity contribution in [3.8, 4) is 0 Å². The standard InChI is InChI=1S/C22H31N/c1-21(2,3)18-20(22(4,5)6)23-19-16-14-12-10-8-7-9-11-13-15-17-19/h7-18,23H,1-6H3/b8-7-,9-7?,10-8?,11-9-,12-10-,13-11?,14-12?,15-13-,16-14-,17-15?,19-16?,19-17+,20-18+. The lowest BCUT2D eigenvalue weighted by atomic mass is 9.85. The molecule has 0 heterocycles. The third kappa shape index (κ3) is 8.87. The van der Waals surface area contributed by atoms with E-state index >= 15 is 0 Å². The highest BCUT2D eigenvalue weighted by Gasteiger charge is 2.20. The second kappa shape index (κ2) is 8.57. The summed E-state index contributed by atoms with van der Waals surface area (Å²) >= 11 is 0. The molecule has 0 saturated carbocycles. The largest absolute Gasteiger partial charge is 0.359 e. The van der Waals surface area contributed by atoms with Crippen LogP contribution in [0.15, 0.2) is 84.3 Å². The van der Waals surface area contributed by atoms with Crippen molar-refractivity contribution in [3.05, 3.63) is 84.3 Å². The summed E-state index contributed by atoms with van der Waals surface area (Å²) in [5, 5.41) is 3.61. The smallest absolute Gasteiger partial charge is 0.0381 e. The minimum absolute atomic E-state index is 0.0633. The van der Waals surface area contributed by atoms with Gasteiger partial charge < -0.3 is 5.32 Å². The predicted octanol–water partition coefficient (Wildman–Crippen LogP) is 6.23. The summed E-state index contributed by atoms with van der Waals surface area (Å²) in [7, 11) is 0. The van der Waals surface area contributed by atoms with Crippen LogP contribution < -0.4 is 5.32 Å². The van der Waals surface area contributed by atoms with Crippen molar-refractivity contribution in [1.29, 1.82) is 0 Å². The SMILES string of the molecule is CC(C)(C)/C=C(/NC1=C/C=C\C=C/C=C\C=C/C=C\1)C(C)(C)C.